The highest BCUT2D eigenvalue weighted by Crippen LogP contribution is 2.21. The summed E-state index contributed by atoms with van der Waals surface area (Å²) in [6.45, 7) is 2.66. The Morgan fingerprint density at radius 1 is 1.26 bits per heavy atom. The van der Waals surface area contributed by atoms with Gasteiger partial charge in [-0.1, -0.05) is 19.8 Å². The Morgan fingerprint density at radius 2 is 2.00 bits per heavy atom. The number of rotatable bonds is 6. The molecule has 0 saturated carbocycles. The van der Waals surface area contributed by atoms with Crippen LogP contribution in [0.3, 0.4) is 0 Å². The van der Waals surface area contributed by atoms with Gasteiger partial charge in [0.05, 0.1) is 0 Å². The Bertz CT molecular complexity index is 460. The van der Waals surface area contributed by atoms with Crippen LogP contribution in [0.5, 0.6) is 5.75 Å². The molecule has 104 valence electrons. The van der Waals surface area contributed by atoms with Gasteiger partial charge in [0, 0.05) is 18.3 Å². The van der Waals surface area contributed by atoms with Gasteiger partial charge in [-0.15, -0.1) is 0 Å². The van der Waals surface area contributed by atoms with Gasteiger partial charge in [0.25, 0.3) is 0 Å². The predicted octanol–water partition coefficient (Wildman–Crippen LogP) is 2.40. The van der Waals surface area contributed by atoms with Crippen molar-refractivity contribution < 1.29 is 19.8 Å². The second-order valence-electron chi connectivity index (χ2n) is 4.13. The van der Waals surface area contributed by atoms with Crippen molar-refractivity contribution in [3.63, 3.8) is 0 Å². The lowest BCUT2D eigenvalue weighted by Gasteiger charge is -2.08. The first-order valence-electron chi connectivity index (χ1n) is 6.15. The minimum Gasteiger partial charge on any atom is -0.507 e. The topological polar surface area (TPSA) is 98.7 Å². The highest BCUT2D eigenvalue weighted by Gasteiger charge is 2.10. The maximum Gasteiger partial charge on any atom is 0.339 e. The van der Waals surface area contributed by atoms with Crippen molar-refractivity contribution in [2.24, 2.45) is 0 Å². The molecule has 0 radical (unpaired) electrons. The molecule has 1 rings (SSSR count). The molecule has 0 bridgehead atoms. The van der Waals surface area contributed by atoms with Crippen LogP contribution >= 0.6 is 0 Å². The Labute approximate surface area is 111 Å². The first-order valence-corrected chi connectivity index (χ1v) is 6.15. The van der Waals surface area contributed by atoms with Crippen molar-refractivity contribution in [2.75, 3.05) is 11.9 Å². The fourth-order valence-electron chi connectivity index (χ4n) is 1.54. The van der Waals surface area contributed by atoms with Crippen LogP contribution in [0.1, 0.15) is 36.5 Å². The average molecular weight is 266 g/mol. The van der Waals surface area contributed by atoms with Crippen LogP contribution in [-0.2, 0) is 0 Å². The summed E-state index contributed by atoms with van der Waals surface area (Å²) in [6, 6.07) is 3.49. The van der Waals surface area contributed by atoms with Gasteiger partial charge in [-0.2, -0.15) is 0 Å². The van der Waals surface area contributed by atoms with E-state index in [9.17, 15) is 14.7 Å². The molecule has 0 aliphatic rings. The zero-order chi connectivity index (χ0) is 14.3. The van der Waals surface area contributed by atoms with Gasteiger partial charge < -0.3 is 20.8 Å². The molecule has 0 heterocycles. The van der Waals surface area contributed by atoms with Gasteiger partial charge in [-0.3, -0.25) is 0 Å². The number of urea groups is 1. The molecule has 0 saturated heterocycles. The SMILES string of the molecule is CCCCCNC(=O)Nc1ccc(C(=O)O)c(O)c1. The number of hydrogen-bond donors (Lipinski definition) is 4. The van der Waals surface area contributed by atoms with Crippen LogP contribution in [0.4, 0.5) is 10.5 Å². The van der Waals surface area contributed by atoms with E-state index >= 15 is 0 Å². The Hall–Kier alpha value is -2.24. The van der Waals surface area contributed by atoms with Crippen LogP contribution in [0.2, 0.25) is 0 Å². The van der Waals surface area contributed by atoms with Crippen LogP contribution in [0.15, 0.2) is 18.2 Å². The number of phenols is 1. The second kappa shape index (κ2) is 7.25. The molecule has 0 aliphatic heterocycles. The number of carbonyl (C=O) groups is 2. The lowest BCUT2D eigenvalue weighted by molar-refractivity contribution is 0.0694. The van der Waals surface area contributed by atoms with E-state index < -0.39 is 5.97 Å². The van der Waals surface area contributed by atoms with Crippen molar-refractivity contribution in [1.82, 2.24) is 5.32 Å². The molecule has 19 heavy (non-hydrogen) atoms. The third-order valence-corrected chi connectivity index (χ3v) is 2.55. The van der Waals surface area contributed by atoms with Gasteiger partial charge in [0.2, 0.25) is 0 Å². The van der Waals surface area contributed by atoms with Gasteiger partial charge in [0.1, 0.15) is 11.3 Å². The van der Waals surface area contributed by atoms with Gasteiger partial charge in [-0.05, 0) is 18.6 Å². The van der Waals surface area contributed by atoms with Gasteiger partial charge >= 0.3 is 12.0 Å². The average Bonchev–Trinajstić information content (AvgIpc) is 2.34. The fourth-order valence-corrected chi connectivity index (χ4v) is 1.54. The number of unbranched alkanes of at least 4 members (excludes halogenated alkanes) is 2. The highest BCUT2D eigenvalue weighted by atomic mass is 16.4. The highest BCUT2D eigenvalue weighted by molar-refractivity contribution is 5.93. The molecule has 0 unspecified atom stereocenters. The molecule has 0 spiro atoms. The van der Waals surface area contributed by atoms with E-state index in [0.29, 0.717) is 12.2 Å². The molecule has 0 atom stereocenters. The minimum atomic E-state index is -1.21. The summed E-state index contributed by atoms with van der Waals surface area (Å²) < 4.78 is 0. The van der Waals surface area contributed by atoms with E-state index in [1.54, 1.807) is 0 Å². The lowest BCUT2D eigenvalue weighted by Crippen LogP contribution is -2.29. The number of hydrogen-bond acceptors (Lipinski definition) is 3. The molecule has 0 fully saturated rings. The summed E-state index contributed by atoms with van der Waals surface area (Å²) in [7, 11) is 0. The van der Waals surface area contributed by atoms with E-state index in [1.165, 1.54) is 18.2 Å². The Morgan fingerprint density at radius 3 is 2.58 bits per heavy atom. The van der Waals surface area contributed by atoms with Crippen LogP contribution in [0, 0.1) is 0 Å². The summed E-state index contributed by atoms with van der Waals surface area (Å²) in [4.78, 5) is 22.2. The Kier molecular flexibility index (Phi) is 5.66. The smallest absolute Gasteiger partial charge is 0.339 e. The summed E-state index contributed by atoms with van der Waals surface area (Å²) in [5.41, 5.74) is 0.143. The molecule has 1 aromatic rings. The zero-order valence-corrected chi connectivity index (χ0v) is 10.8. The number of anilines is 1. The molecule has 0 aliphatic carbocycles. The van der Waals surface area contributed by atoms with Gasteiger partial charge in [-0.25, -0.2) is 9.59 Å². The standard InChI is InChI=1S/C13H18N2O4/c1-2-3-4-7-14-13(19)15-9-5-6-10(12(17)18)11(16)8-9/h5-6,8,16H,2-4,7H2,1H3,(H,17,18)(H2,14,15,19). The van der Waals surface area contributed by atoms with Crippen LogP contribution in [-0.4, -0.2) is 28.8 Å². The number of nitrogens with one attached hydrogen (secondary N) is 2. The molecular formula is C13H18N2O4. The number of aromatic carboxylic acids is 1. The van der Waals surface area contributed by atoms with Crippen LogP contribution in [0.25, 0.3) is 0 Å². The van der Waals surface area contributed by atoms with Crippen molar-refractivity contribution in [3.8, 4) is 5.75 Å². The fraction of sp³-hybridized carbons (Fsp3) is 0.385. The predicted molar refractivity (Wildman–Crippen MR) is 71.6 cm³/mol. The number of amides is 2. The van der Waals surface area contributed by atoms with Crippen LogP contribution < -0.4 is 10.6 Å². The quantitative estimate of drug-likeness (QED) is 0.594. The summed E-state index contributed by atoms with van der Waals surface area (Å²) in [5.74, 6) is -1.59. The maximum atomic E-state index is 11.5. The Balaban J connectivity index is 2.51. The summed E-state index contributed by atoms with van der Waals surface area (Å²) in [5, 5.41) is 23.4. The zero-order valence-electron chi connectivity index (χ0n) is 10.8. The first-order chi connectivity index (χ1) is 9.04. The van der Waals surface area contributed by atoms with Crippen molar-refractivity contribution in [3.05, 3.63) is 23.8 Å². The van der Waals surface area contributed by atoms with Gasteiger partial charge in [0.15, 0.2) is 0 Å². The summed E-state index contributed by atoms with van der Waals surface area (Å²) >= 11 is 0. The van der Waals surface area contributed by atoms with Crippen molar-refractivity contribution in [1.29, 1.82) is 0 Å². The summed E-state index contributed by atoms with van der Waals surface area (Å²) in [6.07, 6.45) is 3.04. The molecule has 6 nitrogen and oxygen atoms in total. The van der Waals surface area contributed by atoms with E-state index in [2.05, 4.69) is 17.6 Å². The van der Waals surface area contributed by atoms with E-state index in [4.69, 9.17) is 5.11 Å². The molecule has 4 N–H and O–H groups in total. The third kappa shape index (κ3) is 4.87. The van der Waals surface area contributed by atoms with E-state index in [1.807, 2.05) is 0 Å². The third-order valence-electron chi connectivity index (χ3n) is 2.55. The normalized spacial score (nSPS) is 9.95. The molecule has 1 aromatic carbocycles. The monoisotopic (exact) mass is 266 g/mol. The van der Waals surface area contributed by atoms with E-state index in [0.717, 1.165) is 19.3 Å². The number of aromatic hydroxyl groups is 1. The minimum absolute atomic E-state index is 0.200. The number of carbonyl (C=O) groups excluding carboxylic acids is 1. The molecule has 2 amide bonds. The molecule has 6 heteroatoms. The number of benzene rings is 1. The van der Waals surface area contributed by atoms with Crippen molar-refractivity contribution >= 4 is 17.7 Å². The lowest BCUT2D eigenvalue weighted by atomic mass is 10.2. The maximum absolute atomic E-state index is 11.5. The number of carboxylic acid groups (broad SMARTS) is 1. The molecule has 0 aromatic heterocycles. The second-order valence-corrected chi connectivity index (χ2v) is 4.13. The largest absolute Gasteiger partial charge is 0.507 e. The van der Waals surface area contributed by atoms with Crippen molar-refractivity contribution in [2.45, 2.75) is 26.2 Å². The van der Waals surface area contributed by atoms with E-state index in [-0.39, 0.29) is 17.3 Å². The first kappa shape index (κ1) is 14.8. The molecular weight excluding hydrogens is 248 g/mol. The number of carboxylic acids is 1.